The van der Waals surface area contributed by atoms with Crippen LogP contribution in [0.5, 0.6) is 0 Å². The van der Waals surface area contributed by atoms with Gasteiger partial charge in [0.05, 0.1) is 31.2 Å². The van der Waals surface area contributed by atoms with Crippen molar-refractivity contribution < 1.29 is 14.6 Å². The number of Topliss-reactive ketones (excluding diaryl/α,β-unsaturated/α-hetero) is 1. The van der Waals surface area contributed by atoms with Crippen LogP contribution in [0.3, 0.4) is 0 Å². The third kappa shape index (κ3) is 3.66. The molecule has 32 heavy (non-hydrogen) atoms. The van der Waals surface area contributed by atoms with Crippen molar-refractivity contribution in [1.29, 1.82) is 0 Å². The van der Waals surface area contributed by atoms with Crippen LogP contribution in [-0.4, -0.2) is 44.7 Å². The van der Waals surface area contributed by atoms with E-state index in [4.69, 9.17) is 4.74 Å². The molecule has 4 aliphatic carbocycles. The Morgan fingerprint density at radius 2 is 1.88 bits per heavy atom. The summed E-state index contributed by atoms with van der Waals surface area (Å²) in [7, 11) is 0. The van der Waals surface area contributed by atoms with Gasteiger partial charge in [-0.3, -0.25) is 4.79 Å². The zero-order valence-corrected chi connectivity index (χ0v) is 20.1. The Morgan fingerprint density at radius 1 is 1.09 bits per heavy atom. The molecular formula is C26H41N3O3. The molecule has 6 nitrogen and oxygen atoms in total. The van der Waals surface area contributed by atoms with E-state index in [-0.39, 0.29) is 29.0 Å². The zero-order valence-electron chi connectivity index (χ0n) is 20.1. The first-order valence-electron chi connectivity index (χ1n) is 13.0. The van der Waals surface area contributed by atoms with Gasteiger partial charge >= 0.3 is 0 Å². The van der Waals surface area contributed by atoms with Crippen LogP contribution < -0.4 is 0 Å². The fraction of sp³-hybridized carbons (Fsp3) is 0.885. The number of carbonyl (C=O) groups excluding carboxylic acids is 1. The number of aliphatic hydroxyl groups excluding tert-OH is 1. The van der Waals surface area contributed by atoms with Gasteiger partial charge in [0, 0.05) is 5.92 Å². The van der Waals surface area contributed by atoms with E-state index in [1.165, 1.54) is 25.7 Å². The van der Waals surface area contributed by atoms with Gasteiger partial charge in [-0.05, 0) is 106 Å². The van der Waals surface area contributed by atoms with E-state index >= 15 is 0 Å². The standard InChI is InChI=1S/C26H41N3O3/c1-17(2)32-16-26-11-8-19(30)14-18(26)4-5-20-21-6-7-23(25(21,3)10-9-22(20)26)24(31)15-29-27-12-13-28-29/h12-13,17-23,30H,4-11,14-16H2,1-3H3/t18-,19-,20+,21+,22+,23-,25+,26-/m1/s1. The van der Waals surface area contributed by atoms with Crippen molar-refractivity contribution in [2.75, 3.05) is 6.61 Å². The minimum absolute atomic E-state index is 0.104. The van der Waals surface area contributed by atoms with Crippen LogP contribution in [0, 0.1) is 40.4 Å². The molecule has 0 radical (unpaired) electrons. The third-order valence-electron chi connectivity index (χ3n) is 10.2. The molecule has 6 heteroatoms. The van der Waals surface area contributed by atoms with E-state index in [0.717, 1.165) is 38.7 Å². The van der Waals surface area contributed by atoms with E-state index < -0.39 is 0 Å². The maximum Gasteiger partial charge on any atom is 0.159 e. The lowest BCUT2D eigenvalue weighted by atomic mass is 9.44. The highest BCUT2D eigenvalue weighted by Crippen LogP contribution is 2.67. The maximum atomic E-state index is 13.3. The highest BCUT2D eigenvalue weighted by molar-refractivity contribution is 5.82. The zero-order chi connectivity index (χ0) is 22.5. The fourth-order valence-electron chi connectivity index (χ4n) is 8.73. The van der Waals surface area contributed by atoms with Crippen molar-refractivity contribution in [3.63, 3.8) is 0 Å². The largest absolute Gasteiger partial charge is 0.393 e. The van der Waals surface area contributed by atoms with Crippen LogP contribution in [0.25, 0.3) is 0 Å². The molecule has 4 aliphatic rings. The average molecular weight is 444 g/mol. The van der Waals surface area contributed by atoms with Gasteiger partial charge in [-0.1, -0.05) is 6.92 Å². The van der Waals surface area contributed by atoms with E-state index in [1.54, 1.807) is 17.2 Å². The Kier molecular flexibility index (Phi) is 5.98. The van der Waals surface area contributed by atoms with Crippen LogP contribution in [0.1, 0.15) is 78.6 Å². The van der Waals surface area contributed by atoms with Gasteiger partial charge in [0.15, 0.2) is 5.78 Å². The van der Waals surface area contributed by atoms with Crippen molar-refractivity contribution in [2.24, 2.45) is 40.4 Å². The first kappa shape index (κ1) is 22.5. The van der Waals surface area contributed by atoms with Crippen molar-refractivity contribution in [2.45, 2.75) is 97.3 Å². The summed E-state index contributed by atoms with van der Waals surface area (Å²) in [4.78, 5) is 14.8. The minimum atomic E-state index is -0.137. The van der Waals surface area contributed by atoms with Gasteiger partial charge in [0.1, 0.15) is 6.54 Å². The van der Waals surface area contributed by atoms with Gasteiger partial charge < -0.3 is 9.84 Å². The molecule has 178 valence electrons. The van der Waals surface area contributed by atoms with Crippen molar-refractivity contribution in [3.8, 4) is 0 Å². The summed E-state index contributed by atoms with van der Waals surface area (Å²) in [6.45, 7) is 7.85. The Balaban J connectivity index is 1.38. The molecule has 0 aromatic carbocycles. The molecule has 4 saturated carbocycles. The summed E-state index contributed by atoms with van der Waals surface area (Å²) in [6, 6.07) is 0. The lowest BCUT2D eigenvalue weighted by Gasteiger charge is -2.61. The number of rotatable bonds is 6. The van der Waals surface area contributed by atoms with E-state index in [1.807, 2.05) is 0 Å². The monoisotopic (exact) mass is 443 g/mol. The van der Waals surface area contributed by atoms with Crippen LogP contribution in [-0.2, 0) is 16.1 Å². The summed E-state index contributed by atoms with van der Waals surface area (Å²) < 4.78 is 6.33. The summed E-state index contributed by atoms with van der Waals surface area (Å²) in [6.07, 6.45) is 13.4. The lowest BCUT2D eigenvalue weighted by Crippen LogP contribution is -2.57. The number of aliphatic hydroxyl groups is 1. The van der Waals surface area contributed by atoms with Gasteiger partial charge in [-0.2, -0.15) is 15.0 Å². The summed E-state index contributed by atoms with van der Waals surface area (Å²) in [5, 5.41) is 18.8. The summed E-state index contributed by atoms with van der Waals surface area (Å²) in [5.74, 6) is 3.03. The minimum Gasteiger partial charge on any atom is -0.393 e. The maximum absolute atomic E-state index is 13.3. The number of ether oxygens (including phenoxy) is 1. The number of hydrogen-bond acceptors (Lipinski definition) is 5. The smallest absolute Gasteiger partial charge is 0.159 e. The first-order valence-corrected chi connectivity index (χ1v) is 13.0. The van der Waals surface area contributed by atoms with Crippen molar-refractivity contribution in [1.82, 2.24) is 15.0 Å². The van der Waals surface area contributed by atoms with Gasteiger partial charge in [0.2, 0.25) is 0 Å². The molecular weight excluding hydrogens is 402 g/mol. The molecule has 8 atom stereocenters. The molecule has 0 aliphatic heterocycles. The average Bonchev–Trinajstić information content (AvgIpc) is 3.39. The molecule has 0 spiro atoms. The highest BCUT2D eigenvalue weighted by atomic mass is 16.5. The molecule has 5 rings (SSSR count). The number of nitrogens with zero attached hydrogens (tertiary/aromatic N) is 3. The van der Waals surface area contributed by atoms with Crippen LogP contribution in [0.2, 0.25) is 0 Å². The number of ketones is 1. The highest BCUT2D eigenvalue weighted by Gasteiger charge is 2.62. The fourth-order valence-corrected chi connectivity index (χ4v) is 8.73. The number of hydrogen-bond donors (Lipinski definition) is 1. The Bertz CT molecular complexity index is 811. The van der Waals surface area contributed by atoms with Crippen LogP contribution >= 0.6 is 0 Å². The molecule has 0 saturated heterocycles. The van der Waals surface area contributed by atoms with E-state index in [0.29, 0.717) is 36.0 Å². The Labute approximate surface area is 192 Å². The second-order valence-electron chi connectivity index (χ2n) is 11.9. The van der Waals surface area contributed by atoms with Gasteiger partial charge in [-0.15, -0.1) is 0 Å². The lowest BCUT2D eigenvalue weighted by molar-refractivity contribution is -0.170. The van der Waals surface area contributed by atoms with Crippen LogP contribution in [0.4, 0.5) is 0 Å². The Hall–Kier alpha value is -1.27. The molecule has 1 N–H and O–H groups in total. The third-order valence-corrected chi connectivity index (χ3v) is 10.2. The summed E-state index contributed by atoms with van der Waals surface area (Å²) in [5.41, 5.74) is 0.321. The topological polar surface area (TPSA) is 77.2 Å². The molecule has 0 amide bonds. The van der Waals surface area contributed by atoms with Crippen LogP contribution in [0.15, 0.2) is 12.4 Å². The number of carbonyl (C=O) groups is 1. The molecule has 1 heterocycles. The van der Waals surface area contributed by atoms with E-state index in [9.17, 15) is 9.90 Å². The van der Waals surface area contributed by atoms with Gasteiger partial charge in [0.25, 0.3) is 0 Å². The second kappa shape index (κ2) is 8.50. The summed E-state index contributed by atoms with van der Waals surface area (Å²) >= 11 is 0. The normalized spacial score (nSPS) is 43.5. The SMILES string of the molecule is CC(C)OC[C@]12CC[C@@H](O)C[C@H]1CC[C@H]1[C@@H]3CC[C@H](C(=O)Cn4nccn4)[C@@]3(C)CC[C@@H]12. The molecule has 1 aromatic rings. The quantitative estimate of drug-likeness (QED) is 0.710. The van der Waals surface area contributed by atoms with Crippen molar-refractivity contribution in [3.05, 3.63) is 12.4 Å². The number of aromatic nitrogens is 3. The van der Waals surface area contributed by atoms with E-state index in [2.05, 4.69) is 31.0 Å². The molecule has 0 unspecified atom stereocenters. The second-order valence-corrected chi connectivity index (χ2v) is 11.9. The van der Waals surface area contributed by atoms with Crippen molar-refractivity contribution >= 4 is 5.78 Å². The first-order chi connectivity index (χ1) is 15.3. The van der Waals surface area contributed by atoms with Gasteiger partial charge in [-0.25, -0.2) is 0 Å². The molecule has 1 aromatic heterocycles. The predicted molar refractivity (Wildman–Crippen MR) is 122 cm³/mol. The predicted octanol–water partition coefficient (Wildman–Crippen LogP) is 4.27. The molecule has 4 fully saturated rings. The Morgan fingerprint density at radius 3 is 2.62 bits per heavy atom. The number of fused-ring (bicyclic) bond motifs is 5. The molecule has 0 bridgehead atoms.